The van der Waals surface area contributed by atoms with E-state index in [9.17, 15) is 9.90 Å². The predicted molar refractivity (Wildman–Crippen MR) is 78.7 cm³/mol. The van der Waals surface area contributed by atoms with Crippen molar-refractivity contribution in [2.24, 2.45) is 5.92 Å². The molecule has 1 unspecified atom stereocenters. The maximum Gasteiger partial charge on any atom is 0.233 e. The van der Waals surface area contributed by atoms with E-state index in [-0.39, 0.29) is 12.5 Å². The predicted octanol–water partition coefficient (Wildman–Crippen LogP) is 1.09. The smallest absolute Gasteiger partial charge is 0.233 e. The zero-order valence-corrected chi connectivity index (χ0v) is 12.3. The van der Waals surface area contributed by atoms with Gasteiger partial charge in [0.2, 0.25) is 5.91 Å². The van der Waals surface area contributed by atoms with Gasteiger partial charge in [0.15, 0.2) is 0 Å². The standard InChI is InChI=1S/C15H24N2O3/c1-11(2)8-17-15(19)10-16-9-14(18)12-5-4-6-13(7-12)20-3/h4-7,11,14,16,18H,8-10H2,1-3H3,(H,17,19). The second-order valence-electron chi connectivity index (χ2n) is 5.12. The molecule has 5 nitrogen and oxygen atoms in total. The molecule has 0 heterocycles. The van der Waals surface area contributed by atoms with Crippen LogP contribution in [-0.2, 0) is 4.79 Å². The average Bonchev–Trinajstić information content (AvgIpc) is 2.45. The minimum absolute atomic E-state index is 0.0588. The van der Waals surface area contributed by atoms with Crippen molar-refractivity contribution < 1.29 is 14.6 Å². The third-order valence-corrected chi connectivity index (χ3v) is 2.81. The van der Waals surface area contributed by atoms with E-state index >= 15 is 0 Å². The van der Waals surface area contributed by atoms with Crippen LogP contribution >= 0.6 is 0 Å². The molecule has 0 bridgehead atoms. The Morgan fingerprint density at radius 2 is 2.10 bits per heavy atom. The second kappa shape index (κ2) is 8.55. The van der Waals surface area contributed by atoms with Gasteiger partial charge in [-0.1, -0.05) is 26.0 Å². The molecule has 0 saturated carbocycles. The van der Waals surface area contributed by atoms with E-state index in [1.807, 2.05) is 32.0 Å². The molecule has 0 aromatic heterocycles. The van der Waals surface area contributed by atoms with E-state index in [4.69, 9.17) is 4.74 Å². The molecule has 3 N–H and O–H groups in total. The summed E-state index contributed by atoms with van der Waals surface area (Å²) in [5.41, 5.74) is 0.763. The van der Waals surface area contributed by atoms with Crippen molar-refractivity contribution in [3.05, 3.63) is 29.8 Å². The van der Waals surface area contributed by atoms with Gasteiger partial charge in [-0.25, -0.2) is 0 Å². The van der Waals surface area contributed by atoms with Gasteiger partial charge >= 0.3 is 0 Å². The van der Waals surface area contributed by atoms with Gasteiger partial charge in [0, 0.05) is 13.1 Å². The fourth-order valence-electron chi connectivity index (χ4n) is 1.67. The molecule has 1 atom stereocenters. The van der Waals surface area contributed by atoms with Crippen LogP contribution in [0.1, 0.15) is 25.5 Å². The number of ether oxygens (including phenoxy) is 1. The van der Waals surface area contributed by atoms with Gasteiger partial charge in [0.05, 0.1) is 19.8 Å². The van der Waals surface area contributed by atoms with Crippen molar-refractivity contribution in [2.45, 2.75) is 20.0 Å². The van der Waals surface area contributed by atoms with Gasteiger partial charge in [-0.2, -0.15) is 0 Å². The molecule has 1 aromatic carbocycles. The maximum atomic E-state index is 11.5. The highest BCUT2D eigenvalue weighted by Gasteiger charge is 2.09. The molecule has 0 spiro atoms. The highest BCUT2D eigenvalue weighted by Crippen LogP contribution is 2.18. The number of carbonyl (C=O) groups excluding carboxylic acids is 1. The molecule has 0 fully saturated rings. The molecule has 112 valence electrons. The Labute approximate surface area is 120 Å². The summed E-state index contributed by atoms with van der Waals surface area (Å²) in [6.07, 6.45) is -0.664. The zero-order valence-electron chi connectivity index (χ0n) is 12.3. The normalized spacial score (nSPS) is 12.2. The van der Waals surface area contributed by atoms with E-state index in [1.54, 1.807) is 13.2 Å². The van der Waals surface area contributed by atoms with Crippen LogP contribution in [0.25, 0.3) is 0 Å². The molecule has 1 rings (SSSR count). The number of amides is 1. The minimum Gasteiger partial charge on any atom is -0.497 e. The van der Waals surface area contributed by atoms with E-state index < -0.39 is 6.10 Å². The summed E-state index contributed by atoms with van der Waals surface area (Å²) < 4.78 is 5.11. The Balaban J connectivity index is 2.32. The van der Waals surface area contributed by atoms with Crippen LogP contribution in [0.5, 0.6) is 5.75 Å². The Morgan fingerprint density at radius 3 is 2.75 bits per heavy atom. The highest BCUT2D eigenvalue weighted by atomic mass is 16.5. The van der Waals surface area contributed by atoms with E-state index in [1.165, 1.54) is 0 Å². The molecular weight excluding hydrogens is 256 g/mol. The monoisotopic (exact) mass is 280 g/mol. The van der Waals surface area contributed by atoms with Crippen molar-refractivity contribution in [1.82, 2.24) is 10.6 Å². The van der Waals surface area contributed by atoms with Crippen molar-refractivity contribution in [1.29, 1.82) is 0 Å². The van der Waals surface area contributed by atoms with Gasteiger partial charge in [-0.3, -0.25) is 4.79 Å². The van der Waals surface area contributed by atoms with Crippen molar-refractivity contribution in [3.63, 3.8) is 0 Å². The number of hydrogen-bond acceptors (Lipinski definition) is 4. The number of hydrogen-bond donors (Lipinski definition) is 3. The average molecular weight is 280 g/mol. The second-order valence-corrected chi connectivity index (χ2v) is 5.12. The van der Waals surface area contributed by atoms with Crippen LogP contribution in [-0.4, -0.2) is 37.8 Å². The summed E-state index contributed by atoms with van der Waals surface area (Å²) in [5, 5.41) is 15.8. The molecular formula is C15H24N2O3. The van der Waals surface area contributed by atoms with Crippen LogP contribution < -0.4 is 15.4 Å². The molecule has 0 aliphatic carbocycles. The lowest BCUT2D eigenvalue weighted by molar-refractivity contribution is -0.120. The lowest BCUT2D eigenvalue weighted by Gasteiger charge is -2.13. The van der Waals surface area contributed by atoms with E-state index in [0.717, 1.165) is 5.56 Å². The first-order chi connectivity index (χ1) is 9.52. The maximum absolute atomic E-state index is 11.5. The fraction of sp³-hybridized carbons (Fsp3) is 0.533. The van der Waals surface area contributed by atoms with Crippen molar-refractivity contribution >= 4 is 5.91 Å². The van der Waals surface area contributed by atoms with Gasteiger partial charge in [-0.05, 0) is 23.6 Å². The quantitative estimate of drug-likeness (QED) is 0.666. The number of benzene rings is 1. The number of methoxy groups -OCH3 is 1. The van der Waals surface area contributed by atoms with Gasteiger partial charge < -0.3 is 20.5 Å². The molecule has 1 aromatic rings. The van der Waals surface area contributed by atoms with Crippen LogP contribution in [0.2, 0.25) is 0 Å². The number of rotatable bonds is 8. The first kappa shape index (κ1) is 16.5. The molecule has 1 amide bonds. The first-order valence-corrected chi connectivity index (χ1v) is 6.82. The molecule has 0 aliphatic heterocycles. The zero-order chi connectivity index (χ0) is 15.0. The minimum atomic E-state index is -0.664. The number of carbonyl (C=O) groups is 1. The summed E-state index contributed by atoms with van der Waals surface area (Å²) in [6, 6.07) is 7.26. The van der Waals surface area contributed by atoms with Gasteiger partial charge in [0.1, 0.15) is 5.75 Å². The third kappa shape index (κ3) is 6.04. The molecule has 0 aliphatic rings. The first-order valence-electron chi connectivity index (χ1n) is 6.82. The lowest BCUT2D eigenvalue weighted by Crippen LogP contribution is -2.37. The lowest BCUT2D eigenvalue weighted by atomic mass is 10.1. The van der Waals surface area contributed by atoms with Crippen molar-refractivity contribution in [3.8, 4) is 5.75 Å². The SMILES string of the molecule is COc1cccc(C(O)CNCC(=O)NCC(C)C)c1. The summed E-state index contributed by atoms with van der Waals surface area (Å²) in [7, 11) is 1.59. The van der Waals surface area contributed by atoms with Crippen LogP contribution in [0.15, 0.2) is 24.3 Å². The summed E-state index contributed by atoms with van der Waals surface area (Å²) in [4.78, 5) is 11.5. The van der Waals surface area contributed by atoms with Crippen LogP contribution in [0.4, 0.5) is 0 Å². The molecule has 0 saturated heterocycles. The Bertz CT molecular complexity index is 421. The fourth-order valence-corrected chi connectivity index (χ4v) is 1.67. The summed E-state index contributed by atoms with van der Waals surface area (Å²) in [6.45, 7) is 5.27. The Morgan fingerprint density at radius 1 is 1.35 bits per heavy atom. The number of aliphatic hydroxyl groups excluding tert-OH is 1. The molecule has 20 heavy (non-hydrogen) atoms. The third-order valence-electron chi connectivity index (χ3n) is 2.81. The van der Waals surface area contributed by atoms with Crippen LogP contribution in [0.3, 0.4) is 0 Å². The van der Waals surface area contributed by atoms with E-state index in [0.29, 0.717) is 24.8 Å². The van der Waals surface area contributed by atoms with Crippen LogP contribution in [0, 0.1) is 5.92 Å². The van der Waals surface area contributed by atoms with Gasteiger partial charge in [0.25, 0.3) is 0 Å². The van der Waals surface area contributed by atoms with E-state index in [2.05, 4.69) is 10.6 Å². The molecule has 0 radical (unpaired) electrons. The Hall–Kier alpha value is -1.59. The topological polar surface area (TPSA) is 70.6 Å². The highest BCUT2D eigenvalue weighted by molar-refractivity contribution is 5.77. The summed E-state index contributed by atoms with van der Waals surface area (Å²) in [5.74, 6) is 1.08. The van der Waals surface area contributed by atoms with Crippen molar-refractivity contribution in [2.75, 3.05) is 26.7 Å². The molecule has 5 heteroatoms. The number of nitrogens with one attached hydrogen (secondary N) is 2. The number of aliphatic hydroxyl groups is 1. The summed E-state index contributed by atoms with van der Waals surface area (Å²) >= 11 is 0. The largest absolute Gasteiger partial charge is 0.497 e. The van der Waals surface area contributed by atoms with Gasteiger partial charge in [-0.15, -0.1) is 0 Å². The Kier molecular flexibility index (Phi) is 7.04.